The van der Waals surface area contributed by atoms with Gasteiger partial charge in [-0.05, 0) is 38.4 Å². The van der Waals surface area contributed by atoms with Gasteiger partial charge < -0.3 is 30.0 Å². The molecule has 0 spiro atoms. The predicted octanol–water partition coefficient (Wildman–Crippen LogP) is 2.35. The Hall–Kier alpha value is -4.25. The van der Waals surface area contributed by atoms with Gasteiger partial charge in [-0.1, -0.05) is 0 Å². The minimum absolute atomic E-state index is 0.0309. The van der Waals surface area contributed by atoms with E-state index in [0.29, 0.717) is 40.9 Å². The van der Waals surface area contributed by atoms with Crippen molar-refractivity contribution in [3.8, 4) is 17.1 Å². The number of aliphatic imine (C=N–C) groups is 1. The summed E-state index contributed by atoms with van der Waals surface area (Å²) in [6.07, 6.45) is 1.75. The van der Waals surface area contributed by atoms with Crippen LogP contribution in [-0.4, -0.2) is 69.6 Å². The largest absolute Gasteiger partial charge is 0.485 e. The van der Waals surface area contributed by atoms with Crippen molar-refractivity contribution in [3.05, 3.63) is 57.6 Å². The molecule has 0 amide bonds. The summed E-state index contributed by atoms with van der Waals surface area (Å²) >= 11 is 0. The maximum Gasteiger partial charge on any atom is 0.341 e. The number of halogens is 1. The van der Waals surface area contributed by atoms with E-state index in [-0.39, 0.29) is 34.7 Å². The number of nitrogens with zero attached hydrogens (tertiary/aromatic N) is 4. The molecule has 184 valence electrons. The van der Waals surface area contributed by atoms with E-state index < -0.39 is 22.8 Å². The number of carbonyl (C=O) groups is 1. The fourth-order valence-corrected chi connectivity index (χ4v) is 4.68. The van der Waals surface area contributed by atoms with Crippen LogP contribution in [0.4, 0.5) is 4.39 Å². The van der Waals surface area contributed by atoms with Crippen LogP contribution in [0, 0.1) is 5.82 Å². The second-order valence-corrected chi connectivity index (χ2v) is 9.39. The Bertz CT molecular complexity index is 1670. The number of H-pyrrole nitrogens is 1. The van der Waals surface area contributed by atoms with E-state index in [1.807, 2.05) is 19.0 Å². The molecule has 10 nitrogen and oxygen atoms in total. The molecule has 1 saturated carbocycles. The number of amidine groups is 1. The van der Waals surface area contributed by atoms with Crippen LogP contribution in [0.5, 0.6) is 5.75 Å². The van der Waals surface area contributed by atoms with Crippen molar-refractivity contribution in [1.82, 2.24) is 19.4 Å². The Morgan fingerprint density at radius 2 is 2.19 bits per heavy atom. The number of likely N-dealkylation sites (N-methyl/N-ethyl adjacent to an activating group) is 1. The molecule has 4 N–H and O–H groups in total. The van der Waals surface area contributed by atoms with Gasteiger partial charge in [0, 0.05) is 24.7 Å². The minimum atomic E-state index is -1.35. The van der Waals surface area contributed by atoms with Crippen molar-refractivity contribution in [2.45, 2.75) is 18.6 Å². The number of hydrogen-bond donors (Lipinski definition) is 3. The zero-order valence-electron chi connectivity index (χ0n) is 19.6. The van der Waals surface area contributed by atoms with Crippen LogP contribution in [0.25, 0.3) is 33.3 Å². The lowest BCUT2D eigenvalue weighted by Crippen LogP contribution is -2.23. The highest BCUT2D eigenvalue weighted by Crippen LogP contribution is 2.51. The molecule has 1 fully saturated rings. The summed E-state index contributed by atoms with van der Waals surface area (Å²) in [5.41, 5.74) is 7.43. The lowest BCUT2D eigenvalue weighted by atomic mass is 10.0. The first-order valence-electron chi connectivity index (χ1n) is 11.5. The van der Waals surface area contributed by atoms with E-state index in [2.05, 4.69) is 15.0 Å². The van der Waals surface area contributed by atoms with Crippen molar-refractivity contribution >= 4 is 33.7 Å². The van der Waals surface area contributed by atoms with Crippen molar-refractivity contribution in [2.75, 3.05) is 27.2 Å². The Morgan fingerprint density at radius 3 is 2.94 bits per heavy atom. The lowest BCUT2D eigenvalue weighted by molar-refractivity contribution is 0.0694. The third-order valence-corrected chi connectivity index (χ3v) is 6.62. The standard InChI is InChI=1S/C25H23FN6O4/c1-31(2)6-5-28-23(27)11-3-4-15-16(7-11)30-24(29-15)19-14(26)8-12-20-22(19)36-18-9-17(18)32(20)10-13(21(12)33)25(34)35/h3-4,7-8,10,17-18H,5-6,9H2,1-2H3,(H2,27,28)(H,29,30)(H,34,35). The fraction of sp³-hybridized carbons (Fsp3) is 0.280. The minimum Gasteiger partial charge on any atom is -0.485 e. The van der Waals surface area contributed by atoms with Crippen LogP contribution in [0.1, 0.15) is 28.4 Å². The number of benzene rings is 2. The van der Waals surface area contributed by atoms with Crippen molar-refractivity contribution in [3.63, 3.8) is 0 Å². The number of carboxylic acid groups (broad SMARTS) is 1. The lowest BCUT2D eigenvalue weighted by Gasteiger charge is -2.23. The van der Waals surface area contributed by atoms with E-state index in [1.54, 1.807) is 22.8 Å². The Balaban J connectivity index is 1.49. The van der Waals surface area contributed by atoms with Crippen LogP contribution in [0.15, 0.2) is 40.2 Å². The number of nitrogens with one attached hydrogen (secondary N) is 1. The van der Waals surface area contributed by atoms with Gasteiger partial charge in [-0.25, -0.2) is 14.2 Å². The van der Waals surface area contributed by atoms with Gasteiger partial charge in [0.05, 0.1) is 40.1 Å². The molecule has 4 aromatic rings. The van der Waals surface area contributed by atoms with E-state index in [0.717, 1.165) is 12.6 Å². The molecule has 2 unspecified atom stereocenters. The van der Waals surface area contributed by atoms with Gasteiger partial charge in [-0.2, -0.15) is 0 Å². The van der Waals surface area contributed by atoms with E-state index >= 15 is 4.39 Å². The summed E-state index contributed by atoms with van der Waals surface area (Å²) < 4.78 is 23.3. The van der Waals surface area contributed by atoms with E-state index in [9.17, 15) is 14.7 Å². The molecule has 2 aliphatic rings. The summed E-state index contributed by atoms with van der Waals surface area (Å²) in [6.45, 7) is 1.32. The summed E-state index contributed by atoms with van der Waals surface area (Å²) in [7, 11) is 3.92. The first-order chi connectivity index (χ1) is 17.2. The molecule has 11 heteroatoms. The molecular formula is C25H23FN6O4. The number of hydrogen-bond acceptors (Lipinski definition) is 6. The van der Waals surface area contributed by atoms with Crippen LogP contribution in [0.2, 0.25) is 0 Å². The van der Waals surface area contributed by atoms with Gasteiger partial charge in [0.25, 0.3) is 0 Å². The maximum atomic E-state index is 15.5. The Kier molecular flexibility index (Phi) is 4.87. The average Bonchev–Trinajstić information content (AvgIpc) is 3.48. The molecule has 6 rings (SSSR count). The summed E-state index contributed by atoms with van der Waals surface area (Å²) in [5, 5.41) is 9.44. The molecule has 2 aromatic heterocycles. The number of fused-ring (bicyclic) bond motifs is 3. The SMILES string of the molecule is CN(C)CCN=C(N)c1ccc2nc(-c3c(F)cc4c(=O)c(C(=O)O)cn5c4c3OC3CC35)[nH]c2c1. The van der Waals surface area contributed by atoms with Gasteiger partial charge in [-0.15, -0.1) is 0 Å². The third kappa shape index (κ3) is 3.42. The number of aromatic amines is 1. The molecule has 0 radical (unpaired) electrons. The van der Waals surface area contributed by atoms with Gasteiger partial charge >= 0.3 is 5.97 Å². The molecular weight excluding hydrogens is 467 g/mol. The monoisotopic (exact) mass is 490 g/mol. The average molecular weight is 490 g/mol. The maximum absolute atomic E-state index is 15.5. The molecule has 36 heavy (non-hydrogen) atoms. The number of aromatic nitrogens is 3. The van der Waals surface area contributed by atoms with Crippen molar-refractivity contribution < 1.29 is 19.0 Å². The summed E-state index contributed by atoms with van der Waals surface area (Å²) in [6, 6.07) is 6.36. The topological polar surface area (TPSA) is 139 Å². The predicted molar refractivity (Wildman–Crippen MR) is 132 cm³/mol. The van der Waals surface area contributed by atoms with E-state index in [4.69, 9.17) is 10.5 Å². The highest BCUT2D eigenvalue weighted by molar-refractivity contribution is 6.01. The number of imidazole rings is 1. The van der Waals surface area contributed by atoms with Crippen LogP contribution in [-0.2, 0) is 0 Å². The number of carboxylic acids is 1. The van der Waals surface area contributed by atoms with Gasteiger partial charge in [0.2, 0.25) is 5.43 Å². The van der Waals surface area contributed by atoms with Gasteiger partial charge in [0.1, 0.15) is 29.1 Å². The van der Waals surface area contributed by atoms with Crippen LogP contribution in [0.3, 0.4) is 0 Å². The van der Waals surface area contributed by atoms with Gasteiger partial charge in [0.15, 0.2) is 5.75 Å². The second-order valence-electron chi connectivity index (χ2n) is 9.39. The van der Waals surface area contributed by atoms with Crippen molar-refractivity contribution in [1.29, 1.82) is 0 Å². The molecule has 2 aromatic carbocycles. The zero-order chi connectivity index (χ0) is 25.3. The van der Waals surface area contributed by atoms with Crippen LogP contribution < -0.4 is 15.9 Å². The molecule has 1 aliphatic heterocycles. The zero-order valence-corrected chi connectivity index (χ0v) is 19.6. The smallest absolute Gasteiger partial charge is 0.341 e. The first-order valence-corrected chi connectivity index (χ1v) is 11.5. The number of rotatable bonds is 6. The Morgan fingerprint density at radius 1 is 1.39 bits per heavy atom. The number of pyridine rings is 1. The number of aromatic carboxylic acids is 1. The molecule has 0 bridgehead atoms. The summed E-state index contributed by atoms with van der Waals surface area (Å²) in [5.74, 6) is -1.27. The quantitative estimate of drug-likeness (QED) is 0.279. The van der Waals surface area contributed by atoms with Crippen molar-refractivity contribution in [2.24, 2.45) is 10.7 Å². The number of nitrogens with two attached hydrogens (primary N) is 1. The van der Waals surface area contributed by atoms with Crippen LogP contribution >= 0.6 is 0 Å². The highest BCUT2D eigenvalue weighted by atomic mass is 19.1. The molecule has 1 aliphatic carbocycles. The molecule has 0 saturated heterocycles. The fourth-order valence-electron chi connectivity index (χ4n) is 4.68. The summed E-state index contributed by atoms with van der Waals surface area (Å²) in [4.78, 5) is 38.6. The Labute approximate surface area is 203 Å². The normalized spacial score (nSPS) is 18.5. The van der Waals surface area contributed by atoms with Gasteiger partial charge in [-0.3, -0.25) is 9.79 Å². The second kappa shape index (κ2) is 7.89. The third-order valence-electron chi connectivity index (χ3n) is 6.62. The molecule has 2 atom stereocenters. The highest BCUT2D eigenvalue weighted by Gasteiger charge is 2.47. The van der Waals surface area contributed by atoms with E-state index in [1.165, 1.54) is 6.20 Å². The first kappa shape index (κ1) is 22.2. The molecule has 3 heterocycles. The number of ether oxygens (including phenoxy) is 1.